The number of methoxy groups -OCH3 is 1. The van der Waals surface area contributed by atoms with E-state index in [1.807, 2.05) is 31.1 Å². The van der Waals surface area contributed by atoms with Crippen molar-refractivity contribution in [3.63, 3.8) is 0 Å². The summed E-state index contributed by atoms with van der Waals surface area (Å²) in [5.41, 5.74) is 0.579. The van der Waals surface area contributed by atoms with Gasteiger partial charge in [0.15, 0.2) is 5.78 Å². The molecule has 2 aromatic rings. The molecule has 0 saturated carbocycles. The summed E-state index contributed by atoms with van der Waals surface area (Å²) in [5.74, 6) is 1.27. The van der Waals surface area contributed by atoms with E-state index in [0.29, 0.717) is 17.9 Å². The van der Waals surface area contributed by atoms with Gasteiger partial charge in [0.2, 0.25) is 5.91 Å². The lowest BCUT2D eigenvalue weighted by molar-refractivity contribution is -0.121. The molecule has 0 aliphatic carbocycles. The minimum atomic E-state index is -0.153. The van der Waals surface area contributed by atoms with Crippen LogP contribution in [0.25, 0.3) is 0 Å². The molecule has 0 radical (unpaired) electrons. The van der Waals surface area contributed by atoms with Crippen molar-refractivity contribution in [1.82, 2.24) is 10.2 Å². The molecule has 1 N–H and O–H groups in total. The molecule has 0 fully saturated rings. The van der Waals surface area contributed by atoms with Crippen molar-refractivity contribution in [3.8, 4) is 5.75 Å². The molecule has 0 saturated heterocycles. The lowest BCUT2D eigenvalue weighted by Crippen LogP contribution is -2.34. The average Bonchev–Trinajstić information content (AvgIpc) is 3.14. The van der Waals surface area contributed by atoms with Gasteiger partial charge in [0.05, 0.1) is 19.4 Å². The second-order valence-corrected chi connectivity index (χ2v) is 5.95. The number of Topliss-reactive ketones (excluding diaryl/α,β-unsaturated/α-hetero) is 1. The number of likely N-dealkylation sites (N-methyl/N-ethyl adjacent to an activating group) is 1. The first-order valence-electron chi connectivity index (χ1n) is 8.15. The van der Waals surface area contributed by atoms with Crippen LogP contribution in [0.15, 0.2) is 47.1 Å². The molecule has 6 heteroatoms. The summed E-state index contributed by atoms with van der Waals surface area (Å²) in [6.07, 6.45) is 1.94. The number of hydrogen-bond donors (Lipinski definition) is 1. The van der Waals surface area contributed by atoms with Crippen molar-refractivity contribution in [2.45, 2.75) is 18.9 Å². The Morgan fingerprint density at radius 1 is 1.16 bits per heavy atom. The molecule has 1 heterocycles. The van der Waals surface area contributed by atoms with E-state index in [9.17, 15) is 9.59 Å². The molecule has 1 unspecified atom stereocenters. The number of carbonyl (C=O) groups is 2. The number of benzene rings is 1. The van der Waals surface area contributed by atoms with Gasteiger partial charge in [-0.15, -0.1) is 0 Å². The normalized spacial score (nSPS) is 12.0. The van der Waals surface area contributed by atoms with E-state index in [2.05, 4.69) is 5.32 Å². The molecule has 25 heavy (non-hydrogen) atoms. The van der Waals surface area contributed by atoms with Crippen LogP contribution in [0.3, 0.4) is 0 Å². The highest BCUT2D eigenvalue weighted by molar-refractivity contribution is 5.98. The van der Waals surface area contributed by atoms with E-state index in [1.165, 1.54) is 0 Å². The molecule has 2 rings (SSSR count). The van der Waals surface area contributed by atoms with Gasteiger partial charge >= 0.3 is 0 Å². The summed E-state index contributed by atoms with van der Waals surface area (Å²) >= 11 is 0. The number of nitrogens with zero attached hydrogens (tertiary/aromatic N) is 1. The Morgan fingerprint density at radius 2 is 1.88 bits per heavy atom. The molecule has 134 valence electrons. The summed E-state index contributed by atoms with van der Waals surface area (Å²) in [4.78, 5) is 26.2. The summed E-state index contributed by atoms with van der Waals surface area (Å²) in [7, 11) is 5.42. The maximum Gasteiger partial charge on any atom is 0.220 e. The summed E-state index contributed by atoms with van der Waals surface area (Å²) in [6.45, 7) is 0.427. The Bertz CT molecular complexity index is 678. The second-order valence-electron chi connectivity index (χ2n) is 5.95. The van der Waals surface area contributed by atoms with Crippen molar-refractivity contribution >= 4 is 11.7 Å². The number of amides is 1. The number of furan rings is 1. The van der Waals surface area contributed by atoms with Crippen LogP contribution in [-0.4, -0.2) is 44.3 Å². The zero-order valence-electron chi connectivity index (χ0n) is 14.8. The highest BCUT2D eigenvalue weighted by atomic mass is 16.5. The van der Waals surface area contributed by atoms with E-state index >= 15 is 0 Å². The maximum absolute atomic E-state index is 12.1. The van der Waals surface area contributed by atoms with Crippen molar-refractivity contribution in [3.05, 3.63) is 54.0 Å². The van der Waals surface area contributed by atoms with E-state index in [-0.39, 0.29) is 30.6 Å². The third kappa shape index (κ3) is 5.46. The minimum absolute atomic E-state index is 0.0451. The fraction of sp³-hybridized carbons (Fsp3) is 0.368. The smallest absolute Gasteiger partial charge is 0.220 e. The van der Waals surface area contributed by atoms with Crippen molar-refractivity contribution < 1.29 is 18.7 Å². The minimum Gasteiger partial charge on any atom is -0.497 e. The zero-order chi connectivity index (χ0) is 18.2. The van der Waals surface area contributed by atoms with Gasteiger partial charge in [-0.25, -0.2) is 0 Å². The molecule has 1 amide bonds. The van der Waals surface area contributed by atoms with Crippen LogP contribution >= 0.6 is 0 Å². The first kappa shape index (κ1) is 18.7. The second kappa shape index (κ2) is 9.03. The Labute approximate surface area is 147 Å². The van der Waals surface area contributed by atoms with Crippen LogP contribution < -0.4 is 10.1 Å². The number of ketones is 1. The van der Waals surface area contributed by atoms with Crippen LogP contribution in [0.5, 0.6) is 5.75 Å². The van der Waals surface area contributed by atoms with E-state index in [4.69, 9.17) is 9.15 Å². The average molecular weight is 344 g/mol. The molecule has 0 aliphatic rings. The summed E-state index contributed by atoms with van der Waals surface area (Å²) in [5, 5.41) is 2.86. The highest BCUT2D eigenvalue weighted by Gasteiger charge is 2.18. The zero-order valence-corrected chi connectivity index (χ0v) is 14.8. The monoisotopic (exact) mass is 344 g/mol. The number of ether oxygens (including phenoxy) is 1. The highest BCUT2D eigenvalue weighted by Crippen LogP contribution is 2.17. The van der Waals surface area contributed by atoms with Gasteiger partial charge < -0.3 is 14.5 Å². The van der Waals surface area contributed by atoms with E-state index in [1.54, 1.807) is 37.6 Å². The van der Waals surface area contributed by atoms with Crippen LogP contribution in [0.1, 0.15) is 35.0 Å². The maximum atomic E-state index is 12.1. The molecule has 1 atom stereocenters. The Kier molecular flexibility index (Phi) is 6.77. The standard InChI is InChI=1S/C19H24N2O4/c1-21(2)16(18-5-4-12-25-18)13-20-19(23)11-10-17(22)14-6-8-15(24-3)9-7-14/h4-9,12,16H,10-11,13H2,1-3H3,(H,20,23). The summed E-state index contributed by atoms with van der Waals surface area (Å²) in [6, 6.07) is 10.5. The van der Waals surface area contributed by atoms with Gasteiger partial charge in [-0.1, -0.05) is 0 Å². The van der Waals surface area contributed by atoms with Crippen LogP contribution in [-0.2, 0) is 4.79 Å². The van der Waals surface area contributed by atoms with Crippen LogP contribution in [0.2, 0.25) is 0 Å². The van der Waals surface area contributed by atoms with Gasteiger partial charge in [-0.05, 0) is 50.5 Å². The molecular formula is C19H24N2O4. The number of carbonyl (C=O) groups excluding carboxylic acids is 2. The van der Waals surface area contributed by atoms with Gasteiger partial charge in [-0.3, -0.25) is 14.5 Å². The van der Waals surface area contributed by atoms with Crippen molar-refractivity contribution in [2.75, 3.05) is 27.7 Å². The molecule has 1 aromatic carbocycles. The largest absolute Gasteiger partial charge is 0.497 e. The SMILES string of the molecule is COc1ccc(C(=O)CCC(=O)NCC(c2ccco2)N(C)C)cc1. The van der Waals surface area contributed by atoms with E-state index in [0.717, 1.165) is 5.76 Å². The van der Waals surface area contributed by atoms with Crippen LogP contribution in [0, 0.1) is 0 Å². The predicted molar refractivity (Wildman–Crippen MR) is 94.7 cm³/mol. The van der Waals surface area contributed by atoms with Gasteiger partial charge in [0.1, 0.15) is 11.5 Å². The third-order valence-corrected chi connectivity index (χ3v) is 3.98. The Balaban J connectivity index is 1.80. The first-order valence-corrected chi connectivity index (χ1v) is 8.15. The fourth-order valence-corrected chi connectivity index (χ4v) is 2.47. The lowest BCUT2D eigenvalue weighted by Gasteiger charge is -2.22. The summed E-state index contributed by atoms with van der Waals surface area (Å²) < 4.78 is 10.5. The molecule has 0 spiro atoms. The Hall–Kier alpha value is -2.60. The quantitative estimate of drug-likeness (QED) is 0.708. The van der Waals surface area contributed by atoms with Gasteiger partial charge in [-0.2, -0.15) is 0 Å². The van der Waals surface area contributed by atoms with E-state index < -0.39 is 0 Å². The van der Waals surface area contributed by atoms with Crippen molar-refractivity contribution in [2.24, 2.45) is 0 Å². The molecule has 1 aromatic heterocycles. The molecular weight excluding hydrogens is 320 g/mol. The molecule has 6 nitrogen and oxygen atoms in total. The van der Waals surface area contributed by atoms with Gasteiger partial charge in [0.25, 0.3) is 0 Å². The number of rotatable bonds is 9. The number of hydrogen-bond acceptors (Lipinski definition) is 5. The van der Waals surface area contributed by atoms with Crippen LogP contribution in [0.4, 0.5) is 0 Å². The lowest BCUT2D eigenvalue weighted by atomic mass is 10.1. The topological polar surface area (TPSA) is 71.8 Å². The third-order valence-electron chi connectivity index (χ3n) is 3.98. The fourth-order valence-electron chi connectivity index (χ4n) is 2.47. The molecule has 0 aliphatic heterocycles. The number of nitrogens with one attached hydrogen (secondary N) is 1. The van der Waals surface area contributed by atoms with Crippen molar-refractivity contribution in [1.29, 1.82) is 0 Å². The Morgan fingerprint density at radius 3 is 2.44 bits per heavy atom. The predicted octanol–water partition coefficient (Wildman–Crippen LogP) is 2.67. The molecule has 0 bridgehead atoms. The first-order chi connectivity index (χ1) is 12.0. The van der Waals surface area contributed by atoms with Gasteiger partial charge in [0, 0.05) is 24.9 Å².